The van der Waals surface area contributed by atoms with Crippen molar-refractivity contribution in [1.82, 2.24) is 0 Å². The summed E-state index contributed by atoms with van der Waals surface area (Å²) in [6.07, 6.45) is 5.40. The van der Waals surface area contributed by atoms with Crippen molar-refractivity contribution in [2.45, 2.75) is 46.5 Å². The number of hydrogen-bond donors (Lipinski definition) is 1. The first-order valence-corrected chi connectivity index (χ1v) is 6.62. The lowest BCUT2D eigenvalue weighted by atomic mass is 10.1. The van der Waals surface area contributed by atoms with Crippen molar-refractivity contribution in [1.29, 1.82) is 0 Å². The number of carbonyl (C=O) groups excluding carboxylic acids is 1. The van der Waals surface area contributed by atoms with Crippen LogP contribution in [0.15, 0.2) is 23.8 Å². The molecule has 0 saturated heterocycles. The molecule has 0 atom stereocenters. The quantitative estimate of drug-likeness (QED) is 0.301. The molecule has 4 nitrogen and oxygen atoms in total. The highest BCUT2D eigenvalue weighted by Crippen LogP contribution is 2.09. The molecule has 0 saturated carbocycles. The van der Waals surface area contributed by atoms with E-state index in [1.165, 1.54) is 19.4 Å². The van der Waals surface area contributed by atoms with Crippen molar-refractivity contribution in [2.75, 3.05) is 6.61 Å². The first kappa shape index (κ1) is 17.4. The summed E-state index contributed by atoms with van der Waals surface area (Å²) < 4.78 is 5.02. The van der Waals surface area contributed by atoms with E-state index in [1.54, 1.807) is 0 Å². The topological polar surface area (TPSA) is 63.6 Å². The molecule has 0 aromatic carbocycles. The van der Waals surface area contributed by atoms with Crippen molar-refractivity contribution >= 4 is 11.9 Å². The van der Waals surface area contributed by atoms with Gasteiger partial charge in [-0.1, -0.05) is 39.7 Å². The Bertz CT molecular complexity index is 353. The molecule has 0 bridgehead atoms. The van der Waals surface area contributed by atoms with Gasteiger partial charge < -0.3 is 9.84 Å². The summed E-state index contributed by atoms with van der Waals surface area (Å²) in [6.45, 7) is 9.63. The molecule has 0 aromatic heterocycles. The van der Waals surface area contributed by atoms with Crippen LogP contribution in [0, 0.1) is 5.92 Å². The van der Waals surface area contributed by atoms with Gasteiger partial charge in [0, 0.05) is 5.57 Å². The number of hydrogen-bond acceptors (Lipinski definition) is 3. The van der Waals surface area contributed by atoms with E-state index < -0.39 is 11.9 Å². The number of carboxylic acid groups (broad SMARTS) is 1. The summed E-state index contributed by atoms with van der Waals surface area (Å²) in [5.74, 6) is -0.918. The molecule has 0 aliphatic carbocycles. The first-order chi connectivity index (χ1) is 8.84. The van der Waals surface area contributed by atoms with Gasteiger partial charge in [0.05, 0.1) is 12.2 Å². The average Bonchev–Trinajstić information content (AvgIpc) is 2.32. The molecule has 0 rings (SSSR count). The molecule has 0 amide bonds. The molecule has 0 spiro atoms. The number of carbonyl (C=O) groups is 2. The fourth-order valence-corrected chi connectivity index (χ4v) is 1.47. The lowest BCUT2D eigenvalue weighted by molar-refractivity contribution is -0.138. The van der Waals surface area contributed by atoms with Crippen LogP contribution in [0.2, 0.25) is 0 Å². The first-order valence-electron chi connectivity index (χ1n) is 6.62. The van der Waals surface area contributed by atoms with Crippen LogP contribution in [0.1, 0.15) is 46.5 Å². The lowest BCUT2D eigenvalue weighted by Gasteiger charge is -2.06. The minimum absolute atomic E-state index is 0.0684. The van der Waals surface area contributed by atoms with Crippen LogP contribution in [0.5, 0.6) is 0 Å². The van der Waals surface area contributed by atoms with Gasteiger partial charge in [0.25, 0.3) is 0 Å². The number of unbranched alkanes of at least 4 members (excludes halogenated alkanes) is 2. The van der Waals surface area contributed by atoms with E-state index in [-0.39, 0.29) is 11.1 Å². The Kier molecular flexibility index (Phi) is 8.58. The smallest absolute Gasteiger partial charge is 0.337 e. The highest BCUT2D eigenvalue weighted by Gasteiger charge is 2.08. The van der Waals surface area contributed by atoms with Crippen LogP contribution < -0.4 is 0 Å². The minimum Gasteiger partial charge on any atom is -0.478 e. The van der Waals surface area contributed by atoms with Crippen molar-refractivity contribution in [2.24, 2.45) is 5.92 Å². The maximum Gasteiger partial charge on any atom is 0.337 e. The summed E-state index contributed by atoms with van der Waals surface area (Å²) in [7, 11) is 0. The monoisotopic (exact) mass is 268 g/mol. The minimum atomic E-state index is -1.07. The Morgan fingerprint density at radius 3 is 2.42 bits per heavy atom. The van der Waals surface area contributed by atoms with Crippen LogP contribution in [0.3, 0.4) is 0 Å². The SMILES string of the molecule is C=C(C=C(C)C(=O)O)C(=O)OCCCCCC(C)C. The van der Waals surface area contributed by atoms with Gasteiger partial charge in [0.2, 0.25) is 0 Å². The van der Waals surface area contributed by atoms with Crippen LogP contribution in [0.25, 0.3) is 0 Å². The summed E-state index contributed by atoms with van der Waals surface area (Å²) in [4.78, 5) is 22.1. The molecule has 108 valence electrons. The number of ether oxygens (including phenoxy) is 1. The van der Waals surface area contributed by atoms with Crippen molar-refractivity contribution in [3.8, 4) is 0 Å². The molecular weight excluding hydrogens is 244 g/mol. The van der Waals surface area contributed by atoms with E-state index in [2.05, 4.69) is 20.4 Å². The second-order valence-electron chi connectivity index (χ2n) is 5.04. The molecule has 0 aliphatic rings. The Labute approximate surface area is 115 Å². The maximum absolute atomic E-state index is 11.5. The van der Waals surface area contributed by atoms with Gasteiger partial charge in [0.1, 0.15) is 0 Å². The van der Waals surface area contributed by atoms with E-state index in [9.17, 15) is 9.59 Å². The largest absolute Gasteiger partial charge is 0.478 e. The number of esters is 1. The molecule has 4 heteroatoms. The summed E-state index contributed by atoms with van der Waals surface area (Å²) in [5, 5.41) is 8.67. The van der Waals surface area contributed by atoms with Crippen molar-refractivity contribution < 1.29 is 19.4 Å². The predicted molar refractivity (Wildman–Crippen MR) is 74.8 cm³/mol. The van der Waals surface area contributed by atoms with E-state index in [0.29, 0.717) is 12.5 Å². The molecule has 0 aromatic rings. The summed E-state index contributed by atoms with van der Waals surface area (Å²) in [5.41, 5.74) is 0.140. The summed E-state index contributed by atoms with van der Waals surface area (Å²) >= 11 is 0. The molecule has 0 unspecified atom stereocenters. The Morgan fingerprint density at radius 2 is 1.89 bits per heavy atom. The summed E-state index contributed by atoms with van der Waals surface area (Å²) in [6, 6.07) is 0. The van der Waals surface area contributed by atoms with Gasteiger partial charge in [-0.3, -0.25) is 0 Å². The zero-order valence-electron chi connectivity index (χ0n) is 12.1. The third-order valence-electron chi connectivity index (χ3n) is 2.65. The van der Waals surface area contributed by atoms with Crippen LogP contribution in [-0.2, 0) is 14.3 Å². The molecular formula is C15H24O4. The molecule has 0 fully saturated rings. The van der Waals surface area contributed by atoms with E-state index >= 15 is 0 Å². The van der Waals surface area contributed by atoms with E-state index in [0.717, 1.165) is 19.3 Å². The van der Waals surface area contributed by atoms with Gasteiger partial charge >= 0.3 is 11.9 Å². The highest BCUT2D eigenvalue weighted by molar-refractivity contribution is 5.94. The van der Waals surface area contributed by atoms with E-state index in [4.69, 9.17) is 9.84 Å². The number of carboxylic acids is 1. The Morgan fingerprint density at radius 1 is 1.26 bits per heavy atom. The molecule has 0 aliphatic heterocycles. The average molecular weight is 268 g/mol. The van der Waals surface area contributed by atoms with E-state index in [1.807, 2.05) is 0 Å². The standard InChI is InChI=1S/C15H24O4/c1-11(2)8-6-5-7-9-19-15(18)13(4)10-12(3)14(16)17/h10-11H,4-9H2,1-3H3,(H,16,17). The van der Waals surface area contributed by atoms with Crippen LogP contribution in [-0.4, -0.2) is 23.7 Å². The third kappa shape index (κ3) is 9.05. The molecule has 0 radical (unpaired) electrons. The van der Waals surface area contributed by atoms with Crippen LogP contribution in [0.4, 0.5) is 0 Å². The molecule has 1 N–H and O–H groups in total. The molecule has 0 heterocycles. The van der Waals surface area contributed by atoms with Gasteiger partial charge in [-0.05, 0) is 25.3 Å². The zero-order valence-corrected chi connectivity index (χ0v) is 12.1. The van der Waals surface area contributed by atoms with Gasteiger partial charge in [-0.15, -0.1) is 0 Å². The maximum atomic E-state index is 11.5. The third-order valence-corrected chi connectivity index (χ3v) is 2.65. The van der Waals surface area contributed by atoms with Gasteiger partial charge in [-0.2, -0.15) is 0 Å². The zero-order chi connectivity index (χ0) is 14.8. The second kappa shape index (κ2) is 9.36. The normalized spacial score (nSPS) is 11.5. The lowest BCUT2D eigenvalue weighted by Crippen LogP contribution is -2.08. The fraction of sp³-hybridized carbons (Fsp3) is 0.600. The second-order valence-corrected chi connectivity index (χ2v) is 5.04. The highest BCUT2D eigenvalue weighted by atomic mass is 16.5. The van der Waals surface area contributed by atoms with Crippen LogP contribution >= 0.6 is 0 Å². The van der Waals surface area contributed by atoms with Gasteiger partial charge in [-0.25, -0.2) is 9.59 Å². The predicted octanol–water partition coefficient (Wildman–Crippen LogP) is 3.33. The fourth-order valence-electron chi connectivity index (χ4n) is 1.47. The number of aliphatic carboxylic acids is 1. The van der Waals surface area contributed by atoms with Crippen molar-refractivity contribution in [3.05, 3.63) is 23.8 Å². The van der Waals surface area contributed by atoms with Crippen molar-refractivity contribution in [3.63, 3.8) is 0 Å². The number of rotatable bonds is 9. The molecule has 19 heavy (non-hydrogen) atoms. The Hall–Kier alpha value is -1.58. The van der Waals surface area contributed by atoms with Gasteiger partial charge in [0.15, 0.2) is 0 Å². The Balaban J connectivity index is 3.84.